The van der Waals surface area contributed by atoms with Crippen LogP contribution in [0, 0.1) is 0 Å². The van der Waals surface area contributed by atoms with E-state index in [9.17, 15) is 30.0 Å². The number of aliphatic carboxylic acids is 1. The first kappa shape index (κ1) is 44.4. The lowest BCUT2D eigenvalue weighted by Crippen LogP contribution is -2.42. The molecule has 5 N–H and O–H groups in total. The van der Waals surface area contributed by atoms with Crippen LogP contribution in [-0.2, 0) is 37.9 Å². The summed E-state index contributed by atoms with van der Waals surface area (Å²) in [5.41, 5.74) is 9.23. The number of alkyl halides is 3. The van der Waals surface area contributed by atoms with Gasteiger partial charge in [0.2, 0.25) is 25.9 Å². The van der Waals surface area contributed by atoms with Gasteiger partial charge in [0.05, 0.1) is 70.6 Å². The van der Waals surface area contributed by atoms with Crippen molar-refractivity contribution in [2.24, 2.45) is 0 Å². The summed E-state index contributed by atoms with van der Waals surface area (Å²) in [6.45, 7) is 1.32. The number of imidazole rings is 1. The second-order valence-corrected chi connectivity index (χ2v) is 17.9. The maximum Gasteiger partial charge on any atom is 0.430 e. The van der Waals surface area contributed by atoms with Gasteiger partial charge in [0, 0.05) is 18.5 Å². The molecule has 324 valence electrons. The summed E-state index contributed by atoms with van der Waals surface area (Å²) in [6.07, 6.45) is -4.61. The number of para-hydroxylation sites is 1. The number of nitrogens with two attached hydrogens (primary N) is 1. The van der Waals surface area contributed by atoms with E-state index in [2.05, 4.69) is 34.8 Å². The molecular formula is C38H41F3N10O8S2. The van der Waals surface area contributed by atoms with Crippen molar-refractivity contribution in [3.63, 3.8) is 0 Å². The highest BCUT2D eigenvalue weighted by Gasteiger charge is 2.38. The monoisotopic (exact) mass is 886 g/mol. The Hall–Kier alpha value is -6.14. The molecule has 0 amide bonds. The fraction of sp³-hybridized carbons (Fsp3) is 0.289. The van der Waals surface area contributed by atoms with Crippen LogP contribution >= 0.6 is 0 Å². The first-order valence-corrected chi connectivity index (χ1v) is 21.2. The van der Waals surface area contributed by atoms with Crippen LogP contribution in [0.3, 0.4) is 0 Å². The number of likely N-dealkylation sites (N-methyl/N-ethyl adjacent to an activating group) is 1. The molecule has 1 aliphatic heterocycles. The van der Waals surface area contributed by atoms with E-state index < -0.39 is 48.0 Å². The first-order chi connectivity index (χ1) is 28.7. The van der Waals surface area contributed by atoms with E-state index in [1.165, 1.54) is 18.0 Å². The van der Waals surface area contributed by atoms with Crippen molar-refractivity contribution in [2.45, 2.75) is 41.5 Å². The number of nitrogens with one attached hydrogen (secondary N) is 3. The molecule has 0 unspecified atom stereocenters. The summed E-state index contributed by atoms with van der Waals surface area (Å²) in [5, 5.41) is 22.0. The van der Waals surface area contributed by atoms with Crippen molar-refractivity contribution in [1.29, 1.82) is 0 Å². The van der Waals surface area contributed by atoms with Crippen molar-refractivity contribution in [3.8, 4) is 34.0 Å². The number of hydrogen-bond donors (Lipinski definition) is 4. The molecule has 4 aromatic carbocycles. The molecule has 1 saturated heterocycles. The number of carboxylic acids is 1. The number of nitrogens with zero attached hydrogens (tertiary/aromatic N) is 6. The topological polar surface area (TPSA) is 249 Å². The number of ether oxygens (including phenoxy) is 2. The number of carboxylic acid groups (broad SMARTS) is 1. The number of rotatable bonds is 13. The molecule has 0 saturated carbocycles. The second kappa shape index (κ2) is 17.5. The highest BCUT2D eigenvalue weighted by Crippen LogP contribution is 2.41. The predicted octanol–water partition coefficient (Wildman–Crippen LogP) is 2.44. The molecule has 0 aliphatic carbocycles. The molecule has 0 bridgehead atoms. The molecule has 61 heavy (non-hydrogen) atoms. The Labute approximate surface area is 348 Å². The minimum Gasteiger partial charge on any atom is -0.542 e. The van der Waals surface area contributed by atoms with Crippen molar-refractivity contribution in [2.75, 3.05) is 47.1 Å². The van der Waals surface area contributed by atoms with E-state index in [4.69, 9.17) is 25.1 Å². The fourth-order valence-electron chi connectivity index (χ4n) is 6.72. The van der Waals surface area contributed by atoms with Crippen LogP contribution in [0.4, 0.5) is 19.1 Å². The Morgan fingerprint density at radius 3 is 2.13 bits per heavy atom. The zero-order valence-corrected chi connectivity index (χ0v) is 34.7. The Balaban J connectivity index is 0.000000819. The van der Waals surface area contributed by atoms with Crippen molar-refractivity contribution < 1.29 is 53.9 Å². The van der Waals surface area contributed by atoms with Crippen LogP contribution in [-0.4, -0.2) is 111 Å². The minimum atomic E-state index is -5.19. The van der Waals surface area contributed by atoms with Gasteiger partial charge in [-0.25, -0.2) is 31.3 Å². The summed E-state index contributed by atoms with van der Waals surface area (Å²) >= 11 is 0. The lowest BCUT2D eigenvalue weighted by atomic mass is 9.98. The Kier molecular flexibility index (Phi) is 12.7. The third kappa shape index (κ3) is 10.4. The van der Waals surface area contributed by atoms with E-state index in [0.29, 0.717) is 56.7 Å². The Morgan fingerprint density at radius 2 is 1.56 bits per heavy atom. The first-order valence-electron chi connectivity index (χ1n) is 18.3. The number of H-pyrrole nitrogens is 1. The van der Waals surface area contributed by atoms with Crippen LogP contribution in [0.1, 0.15) is 17.5 Å². The largest absolute Gasteiger partial charge is 0.542 e. The summed E-state index contributed by atoms with van der Waals surface area (Å²) in [5.74, 6) is -1.70. The molecule has 2 aromatic heterocycles. The number of likely N-dealkylation sites (tertiary alicyclic amines) is 1. The van der Waals surface area contributed by atoms with Crippen molar-refractivity contribution >= 4 is 43.0 Å². The lowest BCUT2D eigenvalue weighted by Gasteiger charge is -2.24. The van der Waals surface area contributed by atoms with Gasteiger partial charge < -0.3 is 34.6 Å². The smallest absolute Gasteiger partial charge is 0.430 e. The third-order valence-corrected chi connectivity index (χ3v) is 12.8. The van der Waals surface area contributed by atoms with Gasteiger partial charge in [-0.15, -0.1) is 10.2 Å². The summed E-state index contributed by atoms with van der Waals surface area (Å²) in [6, 6.07) is 21.8. The lowest BCUT2D eigenvalue weighted by molar-refractivity contribution is -0.878. The molecule has 18 nitrogen and oxygen atoms in total. The van der Waals surface area contributed by atoms with E-state index >= 15 is 0 Å². The molecule has 1 atom stereocenters. The molecule has 1 aliphatic rings. The van der Waals surface area contributed by atoms with Crippen LogP contribution in [0.25, 0.3) is 33.5 Å². The molecular weight excluding hydrogens is 846 g/mol. The number of aromatic nitrogens is 6. The van der Waals surface area contributed by atoms with E-state index in [1.54, 1.807) is 67.8 Å². The molecule has 6 aromatic rings. The molecule has 0 spiro atoms. The standard InChI is InChI=1S/C36H41N10O6S2.C2HF3O2/c1-46(2)19-18-25(22-46)43-53(47,48)31-17-16-28(29-6-5-7-30-33(29)40-36(37)39-30)32(34(31)54(49,50)38-20-23-8-12-26(51-3)13-9-23)35-41-44-45(42-35)21-24-10-14-27(52-4)15-11-24;3-2(4,5)1(6)7/h5-17,25,38,43H,18-22H2,1-4H3,(H3,37,39,40);(H,6,7)/q+1;/p-1/t25-;/m0./s1. The van der Waals surface area contributed by atoms with Crippen LogP contribution < -0.4 is 29.8 Å². The summed E-state index contributed by atoms with van der Waals surface area (Å²) < 4.78 is 107. The number of carbonyl (C=O) groups excluding carboxylic acids is 1. The summed E-state index contributed by atoms with van der Waals surface area (Å²) in [7, 11) is -1.95. The van der Waals surface area contributed by atoms with Gasteiger partial charge in [-0.3, -0.25) is 0 Å². The minimum absolute atomic E-state index is 0.0716. The predicted molar refractivity (Wildman–Crippen MR) is 213 cm³/mol. The number of aromatic amines is 1. The van der Waals surface area contributed by atoms with Gasteiger partial charge in [0.1, 0.15) is 27.3 Å². The highest BCUT2D eigenvalue weighted by molar-refractivity contribution is 7.92. The maximum atomic E-state index is 14.8. The number of quaternary nitrogens is 1. The Morgan fingerprint density at radius 1 is 0.934 bits per heavy atom. The number of hydrogen-bond acceptors (Lipinski definition) is 13. The molecule has 23 heteroatoms. The molecule has 1 fully saturated rings. The zero-order chi connectivity index (χ0) is 44.3. The average Bonchev–Trinajstić information content (AvgIpc) is 3.93. The van der Waals surface area contributed by atoms with Gasteiger partial charge in [-0.1, -0.05) is 42.5 Å². The van der Waals surface area contributed by atoms with Crippen LogP contribution in [0.2, 0.25) is 0 Å². The van der Waals surface area contributed by atoms with Gasteiger partial charge in [0.15, 0.2) is 5.95 Å². The number of benzene rings is 4. The zero-order valence-electron chi connectivity index (χ0n) is 33.1. The Bertz CT molecular complexity index is 2760. The molecule has 3 heterocycles. The van der Waals surface area contributed by atoms with Crippen LogP contribution in [0.5, 0.6) is 11.5 Å². The number of methoxy groups -OCH3 is 2. The number of nitrogen functional groups attached to an aromatic ring is 1. The normalized spacial score (nSPS) is 15.3. The third-order valence-electron chi connectivity index (χ3n) is 9.64. The van der Waals surface area contributed by atoms with Crippen molar-refractivity contribution in [1.82, 2.24) is 39.6 Å². The fourth-order valence-corrected chi connectivity index (χ4v) is 10.0. The SMILES string of the molecule is COc1ccc(CNS(=O)(=O)c2c(S(=O)(=O)N[C@H]3CC[N+](C)(C)C3)ccc(-c3cccc4[nH]c(N)nc34)c2-c2nnn(Cc3ccc(OC)cc3)n2)cc1.O=C([O-])C(F)(F)F. The number of sulfonamides is 2. The van der Waals surface area contributed by atoms with Gasteiger partial charge in [0.25, 0.3) is 0 Å². The average molecular weight is 887 g/mol. The number of anilines is 1. The van der Waals surface area contributed by atoms with E-state index in [-0.39, 0.29) is 30.4 Å². The van der Waals surface area contributed by atoms with Gasteiger partial charge in [-0.2, -0.15) is 18.0 Å². The number of halogens is 3. The summed E-state index contributed by atoms with van der Waals surface area (Å²) in [4.78, 5) is 16.6. The molecule has 7 rings (SSSR count). The number of carbonyl (C=O) groups is 1. The second-order valence-electron chi connectivity index (χ2n) is 14.5. The quantitative estimate of drug-likeness (QED) is 0.122. The maximum absolute atomic E-state index is 14.8. The van der Waals surface area contributed by atoms with Gasteiger partial charge >= 0.3 is 6.18 Å². The van der Waals surface area contributed by atoms with Gasteiger partial charge in [-0.05, 0) is 58.3 Å². The number of fused-ring (bicyclic) bond motifs is 1. The molecule has 0 radical (unpaired) electrons. The van der Waals surface area contributed by atoms with E-state index in [0.717, 1.165) is 12.1 Å². The number of tetrazole rings is 1. The van der Waals surface area contributed by atoms with Crippen molar-refractivity contribution in [3.05, 3.63) is 90.0 Å². The highest BCUT2D eigenvalue weighted by atomic mass is 32.2. The van der Waals surface area contributed by atoms with E-state index in [1.807, 2.05) is 26.2 Å². The van der Waals surface area contributed by atoms with Crippen LogP contribution in [0.15, 0.2) is 88.7 Å².